The van der Waals surface area contributed by atoms with E-state index < -0.39 is 5.97 Å². The van der Waals surface area contributed by atoms with E-state index in [4.69, 9.17) is 9.47 Å². The topological polar surface area (TPSA) is 55.8 Å². The van der Waals surface area contributed by atoms with E-state index in [0.717, 1.165) is 5.56 Å². The first-order valence-electron chi connectivity index (χ1n) is 6.98. The number of aromatic hydroxyl groups is 1. The van der Waals surface area contributed by atoms with E-state index in [1.807, 2.05) is 30.3 Å². The predicted molar refractivity (Wildman–Crippen MR) is 84.5 cm³/mol. The molecule has 0 unspecified atom stereocenters. The van der Waals surface area contributed by atoms with Crippen molar-refractivity contribution in [1.29, 1.82) is 0 Å². The highest BCUT2D eigenvalue weighted by atomic mass is 16.5. The van der Waals surface area contributed by atoms with Gasteiger partial charge in [0.15, 0.2) is 0 Å². The van der Waals surface area contributed by atoms with Crippen molar-refractivity contribution < 1.29 is 19.4 Å². The Morgan fingerprint density at radius 1 is 1.14 bits per heavy atom. The Kier molecular flexibility index (Phi) is 5.20. The number of carbonyl (C=O) groups is 1. The second kappa shape index (κ2) is 7.31. The number of carbonyl (C=O) groups excluding carboxylic acids is 1. The van der Waals surface area contributed by atoms with Crippen LogP contribution in [-0.4, -0.2) is 17.7 Å². The highest BCUT2D eigenvalue weighted by molar-refractivity contribution is 6.17. The summed E-state index contributed by atoms with van der Waals surface area (Å²) in [6.45, 7) is 5.99. The summed E-state index contributed by atoms with van der Waals surface area (Å²) < 4.78 is 10.7. The predicted octanol–water partition coefficient (Wildman–Crippen LogP) is 3.55. The number of hydrogen-bond donors (Lipinski definition) is 1. The molecule has 0 fully saturated rings. The quantitative estimate of drug-likeness (QED) is 0.654. The molecule has 0 saturated carbocycles. The lowest BCUT2D eigenvalue weighted by atomic mass is 10.1. The summed E-state index contributed by atoms with van der Waals surface area (Å²) in [6.07, 6.45) is 0. The third kappa shape index (κ3) is 3.67. The van der Waals surface area contributed by atoms with Crippen molar-refractivity contribution >= 4 is 11.5 Å². The van der Waals surface area contributed by atoms with Gasteiger partial charge in [0.05, 0.1) is 17.7 Å². The van der Waals surface area contributed by atoms with Gasteiger partial charge in [-0.2, -0.15) is 0 Å². The maximum absolute atomic E-state index is 11.8. The maximum atomic E-state index is 11.8. The molecule has 0 atom stereocenters. The Hall–Kier alpha value is -2.75. The number of phenols is 1. The molecule has 1 N–H and O–H groups in total. The number of esters is 1. The number of rotatable bonds is 6. The first-order chi connectivity index (χ1) is 10.6. The molecule has 0 aromatic heterocycles. The van der Waals surface area contributed by atoms with Gasteiger partial charge in [-0.05, 0) is 24.6 Å². The molecule has 22 heavy (non-hydrogen) atoms. The lowest BCUT2D eigenvalue weighted by Gasteiger charge is -2.14. The average Bonchev–Trinajstić information content (AvgIpc) is 2.53. The summed E-state index contributed by atoms with van der Waals surface area (Å²) in [7, 11) is 0. The van der Waals surface area contributed by atoms with Gasteiger partial charge in [0.25, 0.3) is 0 Å². The van der Waals surface area contributed by atoms with Crippen molar-refractivity contribution in [3.8, 4) is 11.5 Å². The van der Waals surface area contributed by atoms with Crippen molar-refractivity contribution in [3.05, 3.63) is 66.2 Å². The van der Waals surface area contributed by atoms with Gasteiger partial charge in [0.1, 0.15) is 18.1 Å². The number of ether oxygens (including phenoxy) is 2. The zero-order valence-corrected chi connectivity index (χ0v) is 12.4. The Balaban J connectivity index is 2.23. The van der Waals surface area contributed by atoms with Gasteiger partial charge >= 0.3 is 5.97 Å². The molecule has 0 saturated heterocycles. The number of benzene rings is 2. The van der Waals surface area contributed by atoms with Crippen LogP contribution in [0.3, 0.4) is 0 Å². The van der Waals surface area contributed by atoms with E-state index in [1.54, 1.807) is 19.1 Å². The largest absolute Gasteiger partial charge is 0.507 e. The molecule has 114 valence electrons. The molecule has 2 aromatic rings. The van der Waals surface area contributed by atoms with Crippen LogP contribution < -0.4 is 4.74 Å². The molecule has 4 nitrogen and oxygen atoms in total. The van der Waals surface area contributed by atoms with E-state index in [1.165, 1.54) is 6.07 Å². The zero-order chi connectivity index (χ0) is 15.9. The molecular formula is C18H18O4. The first kappa shape index (κ1) is 15.6. The van der Waals surface area contributed by atoms with E-state index in [9.17, 15) is 9.90 Å². The lowest BCUT2D eigenvalue weighted by molar-refractivity contribution is -0.136. The third-order valence-electron chi connectivity index (χ3n) is 3.07. The summed E-state index contributed by atoms with van der Waals surface area (Å²) in [5, 5.41) is 10.0. The van der Waals surface area contributed by atoms with Crippen molar-refractivity contribution in [1.82, 2.24) is 0 Å². The van der Waals surface area contributed by atoms with Gasteiger partial charge in [-0.1, -0.05) is 43.0 Å². The molecule has 0 amide bonds. The average molecular weight is 298 g/mol. The standard InChI is InChI=1S/C18H18O4/c1-3-21-18(20)13(2)17-15(19)10-7-11-16(17)22-12-14-8-5-4-6-9-14/h4-11,19H,2-3,12H2,1H3. The molecule has 2 aromatic carbocycles. The number of hydrogen-bond acceptors (Lipinski definition) is 4. The second-order valence-electron chi connectivity index (χ2n) is 4.62. The van der Waals surface area contributed by atoms with Crippen LogP contribution in [0.25, 0.3) is 5.57 Å². The zero-order valence-electron chi connectivity index (χ0n) is 12.4. The van der Waals surface area contributed by atoms with Gasteiger partial charge in [-0.3, -0.25) is 0 Å². The maximum Gasteiger partial charge on any atom is 0.338 e. The van der Waals surface area contributed by atoms with Crippen LogP contribution in [0.1, 0.15) is 18.1 Å². The summed E-state index contributed by atoms with van der Waals surface area (Å²) in [5.74, 6) is -0.251. The lowest BCUT2D eigenvalue weighted by Crippen LogP contribution is -2.08. The van der Waals surface area contributed by atoms with Crippen LogP contribution in [-0.2, 0) is 16.1 Å². The summed E-state index contributed by atoms with van der Waals surface area (Å²) >= 11 is 0. The van der Waals surface area contributed by atoms with E-state index in [0.29, 0.717) is 12.4 Å². The molecular weight excluding hydrogens is 280 g/mol. The Bertz CT molecular complexity index is 662. The van der Waals surface area contributed by atoms with Gasteiger partial charge in [-0.25, -0.2) is 4.79 Å². The van der Waals surface area contributed by atoms with Gasteiger partial charge < -0.3 is 14.6 Å². The van der Waals surface area contributed by atoms with E-state index in [2.05, 4.69) is 6.58 Å². The van der Waals surface area contributed by atoms with Crippen molar-refractivity contribution in [3.63, 3.8) is 0 Å². The normalized spacial score (nSPS) is 10.0. The fourth-order valence-electron chi connectivity index (χ4n) is 2.00. The smallest absolute Gasteiger partial charge is 0.338 e. The van der Waals surface area contributed by atoms with Gasteiger partial charge in [-0.15, -0.1) is 0 Å². The molecule has 0 spiro atoms. The van der Waals surface area contributed by atoms with Crippen LogP contribution in [0.2, 0.25) is 0 Å². The molecule has 0 bridgehead atoms. The highest BCUT2D eigenvalue weighted by Gasteiger charge is 2.19. The fourth-order valence-corrected chi connectivity index (χ4v) is 2.00. The highest BCUT2D eigenvalue weighted by Crippen LogP contribution is 2.34. The minimum absolute atomic E-state index is 0.0661. The van der Waals surface area contributed by atoms with E-state index >= 15 is 0 Å². The molecule has 4 heteroatoms. The van der Waals surface area contributed by atoms with Crippen molar-refractivity contribution in [2.75, 3.05) is 6.61 Å². The Morgan fingerprint density at radius 3 is 2.55 bits per heavy atom. The van der Waals surface area contributed by atoms with Crippen LogP contribution in [0, 0.1) is 0 Å². The van der Waals surface area contributed by atoms with E-state index in [-0.39, 0.29) is 23.5 Å². The minimum Gasteiger partial charge on any atom is -0.507 e. The van der Waals surface area contributed by atoms with Crippen LogP contribution in [0.15, 0.2) is 55.1 Å². The molecule has 2 rings (SSSR count). The van der Waals surface area contributed by atoms with Crippen molar-refractivity contribution in [2.24, 2.45) is 0 Å². The molecule has 0 radical (unpaired) electrons. The Morgan fingerprint density at radius 2 is 1.86 bits per heavy atom. The summed E-state index contributed by atoms with van der Waals surface area (Å²) in [6, 6.07) is 14.4. The minimum atomic E-state index is -0.575. The monoisotopic (exact) mass is 298 g/mol. The molecule has 0 aliphatic carbocycles. The summed E-state index contributed by atoms with van der Waals surface area (Å²) in [4.78, 5) is 11.8. The van der Waals surface area contributed by atoms with Gasteiger partial charge in [0.2, 0.25) is 0 Å². The van der Waals surface area contributed by atoms with Crippen LogP contribution >= 0.6 is 0 Å². The molecule has 0 heterocycles. The van der Waals surface area contributed by atoms with Crippen LogP contribution in [0.4, 0.5) is 0 Å². The van der Waals surface area contributed by atoms with Crippen LogP contribution in [0.5, 0.6) is 11.5 Å². The SMILES string of the molecule is C=C(C(=O)OCC)c1c(O)cccc1OCc1ccccc1. The number of phenolic OH excluding ortho intramolecular Hbond substituents is 1. The first-order valence-corrected chi connectivity index (χ1v) is 6.98. The molecule has 0 aliphatic rings. The fraction of sp³-hybridized carbons (Fsp3) is 0.167. The second-order valence-corrected chi connectivity index (χ2v) is 4.62. The third-order valence-corrected chi connectivity index (χ3v) is 3.07. The summed E-state index contributed by atoms with van der Waals surface area (Å²) in [5.41, 5.74) is 1.32. The van der Waals surface area contributed by atoms with Crippen molar-refractivity contribution in [2.45, 2.75) is 13.5 Å². The Labute approximate surface area is 129 Å². The van der Waals surface area contributed by atoms with Gasteiger partial charge in [0, 0.05) is 0 Å². The molecule has 0 aliphatic heterocycles.